The van der Waals surface area contributed by atoms with Crippen molar-refractivity contribution in [3.05, 3.63) is 35.4 Å². The van der Waals surface area contributed by atoms with Gasteiger partial charge in [0.05, 0.1) is 5.56 Å². The summed E-state index contributed by atoms with van der Waals surface area (Å²) in [6.45, 7) is 2.73. The number of terminal acetylenes is 1. The molecule has 1 aromatic rings. The van der Waals surface area contributed by atoms with Gasteiger partial charge in [-0.05, 0) is 38.4 Å². The third kappa shape index (κ3) is 6.57. The summed E-state index contributed by atoms with van der Waals surface area (Å²) in [6.07, 6.45) is 9.78. The molecule has 1 fully saturated rings. The highest BCUT2D eigenvalue weighted by molar-refractivity contribution is 5.87. The van der Waals surface area contributed by atoms with Crippen LogP contribution in [0.5, 0.6) is 0 Å². The fraction of sp³-hybridized carbons (Fsp3) is 0.333. The third-order valence-corrected chi connectivity index (χ3v) is 2.62. The molecule has 0 aromatic heterocycles. The van der Waals surface area contributed by atoms with E-state index >= 15 is 0 Å². The molecule has 0 amide bonds. The maximum absolute atomic E-state index is 10.4. The van der Waals surface area contributed by atoms with Crippen molar-refractivity contribution in [2.24, 2.45) is 0 Å². The Morgan fingerprint density at radius 3 is 2.25 bits per heavy atom. The Morgan fingerprint density at radius 1 is 1.30 bits per heavy atom. The number of aromatic carboxylic acids is 1. The molecule has 20 heavy (non-hydrogen) atoms. The van der Waals surface area contributed by atoms with Gasteiger partial charge in [0, 0.05) is 0 Å². The van der Waals surface area contributed by atoms with Gasteiger partial charge in [-0.2, -0.15) is 0 Å². The van der Waals surface area contributed by atoms with E-state index in [4.69, 9.17) is 10.2 Å². The minimum atomic E-state index is -0.872. The van der Waals surface area contributed by atoms with Crippen molar-refractivity contribution in [3.63, 3.8) is 0 Å². The largest absolute Gasteiger partial charge is 0.480 e. The summed E-state index contributed by atoms with van der Waals surface area (Å²) >= 11 is 0. The normalized spacial score (nSPS) is 16.1. The molecule has 0 radical (unpaired) electrons. The van der Waals surface area contributed by atoms with E-state index in [0.717, 1.165) is 24.9 Å². The molecule has 0 saturated carbocycles. The molecule has 1 aromatic carbocycles. The monoisotopic (exact) mass is 277 g/mol. The molecule has 1 heterocycles. The Kier molecular flexibility index (Phi) is 8.48. The van der Waals surface area contributed by atoms with Crippen LogP contribution in [0.25, 0.3) is 0 Å². The van der Waals surface area contributed by atoms with Crippen LogP contribution < -0.4 is 5.32 Å². The topological polar surface area (TPSA) is 86.6 Å². The molecule has 0 spiro atoms. The number of carbonyl (C=O) groups is 2. The number of hydrogen-bond acceptors (Lipinski definition) is 3. The quantitative estimate of drug-likeness (QED) is 0.717. The zero-order chi connectivity index (χ0) is 15.5. The zero-order valence-corrected chi connectivity index (χ0v) is 11.4. The molecule has 2 rings (SSSR count). The summed E-state index contributed by atoms with van der Waals surface area (Å²) in [4.78, 5) is 20.5. The Labute approximate surface area is 118 Å². The van der Waals surface area contributed by atoms with Gasteiger partial charge in [0.25, 0.3) is 0 Å². The fourth-order valence-corrected chi connectivity index (χ4v) is 1.67. The van der Waals surface area contributed by atoms with Gasteiger partial charge in [-0.25, -0.2) is 4.79 Å². The van der Waals surface area contributed by atoms with Crippen molar-refractivity contribution in [1.29, 1.82) is 0 Å². The lowest BCUT2D eigenvalue weighted by Gasteiger charge is -1.99. The minimum absolute atomic E-state index is 0.269. The first-order chi connectivity index (χ1) is 9.50. The van der Waals surface area contributed by atoms with E-state index in [1.165, 1.54) is 0 Å². The smallest absolute Gasteiger partial charge is 0.335 e. The van der Waals surface area contributed by atoms with E-state index in [2.05, 4.69) is 18.2 Å². The SMILES string of the molecule is C#C.Cc1cccc(C(=O)O)c1.O=C(O)[C@@H]1CCCN1. The molecule has 0 bridgehead atoms. The van der Waals surface area contributed by atoms with E-state index in [0.29, 0.717) is 5.56 Å². The molecular weight excluding hydrogens is 258 g/mol. The molecule has 108 valence electrons. The maximum atomic E-state index is 10.4. The predicted octanol–water partition coefficient (Wildman–Crippen LogP) is 1.77. The Balaban J connectivity index is 0.000000327. The van der Waals surface area contributed by atoms with E-state index in [1.807, 2.05) is 13.0 Å². The first-order valence-corrected chi connectivity index (χ1v) is 6.10. The van der Waals surface area contributed by atoms with Crippen molar-refractivity contribution in [2.45, 2.75) is 25.8 Å². The van der Waals surface area contributed by atoms with Crippen LogP contribution in [0.1, 0.15) is 28.8 Å². The number of carboxylic acids is 2. The minimum Gasteiger partial charge on any atom is -0.480 e. The Bertz CT molecular complexity index is 462. The number of carboxylic acid groups (broad SMARTS) is 2. The van der Waals surface area contributed by atoms with Crippen LogP contribution in [-0.2, 0) is 4.79 Å². The maximum Gasteiger partial charge on any atom is 0.335 e. The predicted molar refractivity (Wildman–Crippen MR) is 76.7 cm³/mol. The molecule has 1 aliphatic heterocycles. The van der Waals surface area contributed by atoms with Gasteiger partial charge in [0.1, 0.15) is 6.04 Å². The number of aliphatic carboxylic acids is 1. The van der Waals surface area contributed by atoms with Gasteiger partial charge in [-0.15, -0.1) is 12.8 Å². The first kappa shape index (κ1) is 17.7. The second-order valence-electron chi connectivity index (χ2n) is 4.16. The molecule has 1 saturated heterocycles. The average Bonchev–Trinajstić information content (AvgIpc) is 2.96. The first-order valence-electron chi connectivity index (χ1n) is 6.10. The lowest BCUT2D eigenvalue weighted by molar-refractivity contribution is -0.139. The van der Waals surface area contributed by atoms with Gasteiger partial charge in [-0.3, -0.25) is 4.79 Å². The molecule has 1 aliphatic rings. The number of hydrogen-bond donors (Lipinski definition) is 3. The molecule has 0 aliphatic carbocycles. The summed E-state index contributed by atoms with van der Waals surface area (Å²) in [5.41, 5.74) is 1.32. The molecule has 5 nitrogen and oxygen atoms in total. The van der Waals surface area contributed by atoms with Crippen molar-refractivity contribution in [1.82, 2.24) is 5.32 Å². The summed E-state index contributed by atoms with van der Waals surface area (Å²) in [7, 11) is 0. The van der Waals surface area contributed by atoms with Gasteiger partial charge < -0.3 is 15.5 Å². The number of aryl methyl sites for hydroxylation is 1. The molecular formula is C15H19NO4. The molecule has 1 atom stereocenters. The van der Waals surface area contributed by atoms with Gasteiger partial charge >= 0.3 is 11.9 Å². The third-order valence-electron chi connectivity index (χ3n) is 2.62. The number of nitrogens with one attached hydrogen (secondary N) is 1. The standard InChI is InChI=1S/C8H8O2.C5H9NO2.C2H2/c1-6-3-2-4-7(5-6)8(9)10;7-5(8)4-2-1-3-6-4;1-2/h2-5H,1H3,(H,9,10);4,6H,1-3H2,(H,7,8);1-2H/t;4-;/m.0./s1. The second kappa shape index (κ2) is 9.59. The highest BCUT2D eigenvalue weighted by Gasteiger charge is 2.20. The molecule has 0 unspecified atom stereocenters. The molecule has 3 N–H and O–H groups in total. The van der Waals surface area contributed by atoms with Crippen LogP contribution in [0.2, 0.25) is 0 Å². The van der Waals surface area contributed by atoms with E-state index in [9.17, 15) is 9.59 Å². The van der Waals surface area contributed by atoms with Crippen molar-refractivity contribution >= 4 is 11.9 Å². The van der Waals surface area contributed by atoms with Crippen LogP contribution in [0.4, 0.5) is 0 Å². The average molecular weight is 277 g/mol. The number of rotatable bonds is 2. The van der Waals surface area contributed by atoms with Crippen LogP contribution >= 0.6 is 0 Å². The summed E-state index contributed by atoms with van der Waals surface area (Å²) < 4.78 is 0. The Morgan fingerprint density at radius 2 is 1.95 bits per heavy atom. The molecule has 5 heteroatoms. The zero-order valence-electron chi connectivity index (χ0n) is 11.4. The Hall–Kier alpha value is -2.32. The highest BCUT2D eigenvalue weighted by atomic mass is 16.4. The second-order valence-corrected chi connectivity index (χ2v) is 4.16. The summed E-state index contributed by atoms with van der Waals surface area (Å²) in [5.74, 6) is -1.59. The van der Waals surface area contributed by atoms with E-state index in [-0.39, 0.29) is 6.04 Å². The van der Waals surface area contributed by atoms with E-state index < -0.39 is 11.9 Å². The van der Waals surface area contributed by atoms with Crippen molar-refractivity contribution in [3.8, 4) is 12.8 Å². The summed E-state index contributed by atoms with van der Waals surface area (Å²) in [6, 6.07) is 6.55. The summed E-state index contributed by atoms with van der Waals surface area (Å²) in [5, 5.41) is 19.7. The van der Waals surface area contributed by atoms with Crippen molar-refractivity contribution < 1.29 is 19.8 Å². The highest BCUT2D eigenvalue weighted by Crippen LogP contribution is 2.03. The van der Waals surface area contributed by atoms with Crippen LogP contribution in [0.3, 0.4) is 0 Å². The van der Waals surface area contributed by atoms with Crippen LogP contribution in [0.15, 0.2) is 24.3 Å². The fourth-order valence-electron chi connectivity index (χ4n) is 1.67. The number of benzene rings is 1. The van der Waals surface area contributed by atoms with E-state index in [1.54, 1.807) is 18.2 Å². The van der Waals surface area contributed by atoms with Gasteiger partial charge in [0.2, 0.25) is 0 Å². The van der Waals surface area contributed by atoms with Crippen LogP contribution in [0, 0.1) is 19.8 Å². The van der Waals surface area contributed by atoms with Crippen LogP contribution in [-0.4, -0.2) is 34.7 Å². The lowest BCUT2D eigenvalue weighted by atomic mass is 10.1. The van der Waals surface area contributed by atoms with Gasteiger partial charge in [-0.1, -0.05) is 17.7 Å². The lowest BCUT2D eigenvalue weighted by Crippen LogP contribution is -2.29. The van der Waals surface area contributed by atoms with Crippen molar-refractivity contribution in [2.75, 3.05) is 6.54 Å². The van der Waals surface area contributed by atoms with Gasteiger partial charge in [0.15, 0.2) is 0 Å².